The van der Waals surface area contributed by atoms with Crippen LogP contribution in [0.5, 0.6) is 0 Å². The monoisotopic (exact) mass is 358 g/mol. The molecule has 1 fully saturated rings. The van der Waals surface area contributed by atoms with Crippen molar-refractivity contribution in [1.29, 1.82) is 0 Å². The number of anilines is 2. The van der Waals surface area contributed by atoms with E-state index in [1.807, 2.05) is 17.0 Å². The van der Waals surface area contributed by atoms with Gasteiger partial charge in [0.2, 0.25) is 5.91 Å². The van der Waals surface area contributed by atoms with Crippen molar-refractivity contribution < 1.29 is 9.59 Å². The van der Waals surface area contributed by atoms with Crippen molar-refractivity contribution in [2.75, 3.05) is 36.4 Å². The van der Waals surface area contributed by atoms with Crippen LogP contribution in [0.2, 0.25) is 5.02 Å². The van der Waals surface area contributed by atoms with Gasteiger partial charge in [0, 0.05) is 43.7 Å². The molecule has 0 unspecified atom stereocenters. The molecule has 25 heavy (non-hydrogen) atoms. The molecule has 6 nitrogen and oxygen atoms in total. The summed E-state index contributed by atoms with van der Waals surface area (Å²) >= 11 is 5.91. The van der Waals surface area contributed by atoms with Gasteiger partial charge < -0.3 is 15.1 Å². The molecular weight excluding hydrogens is 340 g/mol. The van der Waals surface area contributed by atoms with E-state index in [-0.39, 0.29) is 11.8 Å². The molecule has 1 saturated heterocycles. The Hall–Kier alpha value is -2.60. The number of carbonyl (C=O) groups excluding carboxylic acids is 2. The SMILES string of the molecule is CC(=O)N1CCN(c2ccc(NC(=O)c3cccc(Cl)c3)cn2)CC1. The average molecular weight is 359 g/mol. The Kier molecular flexibility index (Phi) is 5.19. The number of rotatable bonds is 3. The van der Waals surface area contributed by atoms with Gasteiger partial charge in [-0.3, -0.25) is 9.59 Å². The van der Waals surface area contributed by atoms with Gasteiger partial charge in [0.25, 0.3) is 5.91 Å². The van der Waals surface area contributed by atoms with E-state index in [0.29, 0.717) is 29.4 Å². The lowest BCUT2D eigenvalue weighted by atomic mass is 10.2. The van der Waals surface area contributed by atoms with Crippen molar-refractivity contribution in [2.45, 2.75) is 6.92 Å². The van der Waals surface area contributed by atoms with Crippen LogP contribution in [0.1, 0.15) is 17.3 Å². The molecule has 0 atom stereocenters. The van der Waals surface area contributed by atoms with E-state index in [2.05, 4.69) is 15.2 Å². The maximum atomic E-state index is 12.2. The summed E-state index contributed by atoms with van der Waals surface area (Å²) in [7, 11) is 0. The van der Waals surface area contributed by atoms with Gasteiger partial charge >= 0.3 is 0 Å². The Morgan fingerprint density at radius 3 is 2.48 bits per heavy atom. The quantitative estimate of drug-likeness (QED) is 0.916. The summed E-state index contributed by atoms with van der Waals surface area (Å²) in [5.74, 6) is 0.711. The third-order valence-electron chi connectivity index (χ3n) is 4.14. The Bertz CT molecular complexity index is 771. The largest absolute Gasteiger partial charge is 0.353 e. The number of benzene rings is 1. The lowest BCUT2D eigenvalue weighted by Gasteiger charge is -2.34. The maximum absolute atomic E-state index is 12.2. The average Bonchev–Trinajstić information content (AvgIpc) is 2.62. The minimum absolute atomic E-state index is 0.103. The fourth-order valence-corrected chi connectivity index (χ4v) is 2.92. The van der Waals surface area contributed by atoms with E-state index in [1.165, 1.54) is 0 Å². The van der Waals surface area contributed by atoms with Crippen molar-refractivity contribution in [3.63, 3.8) is 0 Å². The second kappa shape index (κ2) is 7.53. The van der Waals surface area contributed by atoms with Gasteiger partial charge in [-0.05, 0) is 30.3 Å². The third-order valence-corrected chi connectivity index (χ3v) is 4.38. The standard InChI is InChI=1S/C18H19ClN4O2/c1-13(24)22-7-9-23(10-8-22)17-6-5-16(12-20-17)21-18(25)14-3-2-4-15(19)11-14/h2-6,11-12H,7-10H2,1H3,(H,21,25). The van der Waals surface area contributed by atoms with Crippen molar-refractivity contribution in [3.05, 3.63) is 53.2 Å². The Morgan fingerprint density at radius 1 is 1.12 bits per heavy atom. The fraction of sp³-hybridized carbons (Fsp3) is 0.278. The molecule has 1 aromatic carbocycles. The summed E-state index contributed by atoms with van der Waals surface area (Å²) in [6.07, 6.45) is 1.63. The zero-order valence-corrected chi connectivity index (χ0v) is 14.7. The van der Waals surface area contributed by atoms with E-state index in [4.69, 9.17) is 11.6 Å². The van der Waals surface area contributed by atoms with Gasteiger partial charge in [-0.1, -0.05) is 17.7 Å². The predicted molar refractivity (Wildman–Crippen MR) is 98.1 cm³/mol. The Labute approximate surface area is 151 Å². The number of carbonyl (C=O) groups is 2. The van der Waals surface area contributed by atoms with E-state index >= 15 is 0 Å². The molecule has 2 aromatic rings. The van der Waals surface area contributed by atoms with Crippen LogP contribution >= 0.6 is 11.6 Å². The molecule has 3 rings (SSSR count). The van der Waals surface area contributed by atoms with Crippen molar-refractivity contribution >= 4 is 34.9 Å². The Balaban J connectivity index is 1.61. The maximum Gasteiger partial charge on any atom is 0.255 e. The molecule has 130 valence electrons. The highest BCUT2D eigenvalue weighted by Crippen LogP contribution is 2.17. The highest BCUT2D eigenvalue weighted by molar-refractivity contribution is 6.31. The lowest BCUT2D eigenvalue weighted by Crippen LogP contribution is -2.48. The van der Waals surface area contributed by atoms with Gasteiger partial charge in [-0.25, -0.2) is 4.98 Å². The first kappa shape index (κ1) is 17.2. The predicted octanol–water partition coefficient (Wildman–Crippen LogP) is 2.66. The normalized spacial score (nSPS) is 14.3. The van der Waals surface area contributed by atoms with E-state index < -0.39 is 0 Å². The van der Waals surface area contributed by atoms with Crippen LogP contribution in [0.15, 0.2) is 42.6 Å². The fourth-order valence-electron chi connectivity index (χ4n) is 2.73. The minimum atomic E-state index is -0.230. The van der Waals surface area contributed by atoms with Crippen LogP contribution in [0, 0.1) is 0 Å². The van der Waals surface area contributed by atoms with Crippen LogP contribution in [-0.2, 0) is 4.79 Å². The van der Waals surface area contributed by atoms with Gasteiger partial charge in [0.1, 0.15) is 5.82 Å². The molecule has 0 saturated carbocycles. The third kappa shape index (κ3) is 4.28. The van der Waals surface area contributed by atoms with Crippen LogP contribution in [-0.4, -0.2) is 47.9 Å². The van der Waals surface area contributed by atoms with Gasteiger partial charge in [0.15, 0.2) is 0 Å². The number of nitrogens with zero attached hydrogens (tertiary/aromatic N) is 3. The van der Waals surface area contributed by atoms with Crippen molar-refractivity contribution in [2.24, 2.45) is 0 Å². The number of nitrogens with one attached hydrogen (secondary N) is 1. The van der Waals surface area contributed by atoms with Gasteiger partial charge in [-0.15, -0.1) is 0 Å². The van der Waals surface area contributed by atoms with E-state index in [1.54, 1.807) is 37.4 Å². The second-order valence-electron chi connectivity index (χ2n) is 5.86. The van der Waals surface area contributed by atoms with Crippen LogP contribution in [0.3, 0.4) is 0 Å². The van der Waals surface area contributed by atoms with Crippen molar-refractivity contribution in [3.8, 4) is 0 Å². The molecule has 1 aliphatic heterocycles. The topological polar surface area (TPSA) is 65.5 Å². The lowest BCUT2D eigenvalue weighted by molar-refractivity contribution is -0.129. The van der Waals surface area contributed by atoms with Crippen LogP contribution in [0.4, 0.5) is 11.5 Å². The summed E-state index contributed by atoms with van der Waals surface area (Å²) in [5.41, 5.74) is 1.12. The number of aromatic nitrogens is 1. The number of piperazine rings is 1. The molecule has 1 aromatic heterocycles. The summed E-state index contributed by atoms with van der Waals surface area (Å²) in [5, 5.41) is 3.33. The molecule has 2 heterocycles. The first-order valence-electron chi connectivity index (χ1n) is 8.06. The molecule has 0 radical (unpaired) electrons. The van der Waals surface area contributed by atoms with E-state index in [0.717, 1.165) is 18.9 Å². The summed E-state index contributed by atoms with van der Waals surface area (Å²) < 4.78 is 0. The summed E-state index contributed by atoms with van der Waals surface area (Å²) in [4.78, 5) is 32.0. The smallest absolute Gasteiger partial charge is 0.255 e. The number of hydrogen-bond acceptors (Lipinski definition) is 4. The molecule has 0 bridgehead atoms. The highest BCUT2D eigenvalue weighted by Gasteiger charge is 2.19. The zero-order valence-electron chi connectivity index (χ0n) is 13.9. The molecular formula is C18H19ClN4O2. The second-order valence-corrected chi connectivity index (χ2v) is 6.30. The van der Waals surface area contributed by atoms with Crippen LogP contribution < -0.4 is 10.2 Å². The van der Waals surface area contributed by atoms with Gasteiger partial charge in [0.05, 0.1) is 11.9 Å². The molecule has 7 heteroatoms. The number of halogens is 1. The van der Waals surface area contributed by atoms with Crippen molar-refractivity contribution in [1.82, 2.24) is 9.88 Å². The van der Waals surface area contributed by atoms with E-state index in [9.17, 15) is 9.59 Å². The first-order valence-corrected chi connectivity index (χ1v) is 8.44. The van der Waals surface area contributed by atoms with Gasteiger partial charge in [-0.2, -0.15) is 0 Å². The van der Waals surface area contributed by atoms with Crippen LogP contribution in [0.25, 0.3) is 0 Å². The molecule has 1 N–H and O–H groups in total. The molecule has 0 aliphatic carbocycles. The summed E-state index contributed by atoms with van der Waals surface area (Å²) in [6, 6.07) is 10.5. The molecule has 1 aliphatic rings. The zero-order chi connectivity index (χ0) is 17.8. The minimum Gasteiger partial charge on any atom is -0.353 e. The number of pyridine rings is 1. The highest BCUT2D eigenvalue weighted by atomic mass is 35.5. The molecule has 0 spiro atoms. The summed E-state index contributed by atoms with van der Waals surface area (Å²) in [6.45, 7) is 4.49. The molecule has 2 amide bonds. The first-order chi connectivity index (χ1) is 12.0. The number of amides is 2. The Morgan fingerprint density at radius 2 is 1.88 bits per heavy atom. The number of hydrogen-bond donors (Lipinski definition) is 1.